The molecule has 0 bridgehead atoms. The van der Waals surface area contributed by atoms with E-state index in [9.17, 15) is 20.2 Å². The number of rotatable bonds is 8. The summed E-state index contributed by atoms with van der Waals surface area (Å²) in [6.45, 7) is 2.05. The molecular weight excluding hydrogens is 406 g/mol. The molecule has 6 nitrogen and oxygen atoms in total. The summed E-state index contributed by atoms with van der Waals surface area (Å²) in [7, 11) is 0. The number of non-ortho nitro benzene ring substituents is 1. The highest BCUT2D eigenvalue weighted by atomic mass is 32.2. The highest BCUT2D eigenvalue weighted by molar-refractivity contribution is 8.01. The maximum atomic E-state index is 13.1. The number of thioether (sulfide) groups is 1. The fraction of sp³-hybridized carbons (Fsp3) is 0.143. The van der Waals surface area contributed by atoms with Crippen molar-refractivity contribution in [2.75, 3.05) is 11.1 Å². The van der Waals surface area contributed by atoms with Crippen LogP contribution in [0, 0.1) is 21.4 Å². The molecule has 146 valence electrons. The second kappa shape index (κ2) is 9.37. The van der Waals surface area contributed by atoms with E-state index in [1.807, 2.05) is 6.07 Å². The van der Waals surface area contributed by atoms with Crippen LogP contribution in [0.1, 0.15) is 34.1 Å². The molecule has 1 aromatic heterocycles. The number of thiophene rings is 1. The highest BCUT2D eigenvalue weighted by Gasteiger charge is 2.24. The number of ketones is 1. The summed E-state index contributed by atoms with van der Waals surface area (Å²) in [5.41, 5.74) is 1.95. The zero-order chi connectivity index (χ0) is 20.8. The first-order valence-corrected chi connectivity index (χ1v) is 10.7. The predicted molar refractivity (Wildman–Crippen MR) is 116 cm³/mol. The Labute approximate surface area is 176 Å². The van der Waals surface area contributed by atoms with Gasteiger partial charge in [-0.05, 0) is 24.3 Å². The van der Waals surface area contributed by atoms with Crippen LogP contribution < -0.4 is 5.32 Å². The summed E-state index contributed by atoms with van der Waals surface area (Å²) in [5.74, 6) is 0.672. The van der Waals surface area contributed by atoms with Crippen LogP contribution in [0.2, 0.25) is 0 Å². The largest absolute Gasteiger partial charge is 0.353 e. The monoisotopic (exact) mass is 423 g/mol. The molecule has 29 heavy (non-hydrogen) atoms. The van der Waals surface area contributed by atoms with E-state index in [2.05, 4.69) is 18.3 Å². The van der Waals surface area contributed by atoms with Crippen molar-refractivity contribution in [1.29, 1.82) is 5.26 Å². The van der Waals surface area contributed by atoms with Gasteiger partial charge in [0.25, 0.3) is 5.69 Å². The van der Waals surface area contributed by atoms with Crippen LogP contribution in [0.5, 0.6) is 0 Å². The summed E-state index contributed by atoms with van der Waals surface area (Å²) in [4.78, 5) is 24.0. The molecule has 0 aliphatic carbocycles. The van der Waals surface area contributed by atoms with E-state index < -0.39 is 4.92 Å². The van der Waals surface area contributed by atoms with Crippen LogP contribution in [0.15, 0.2) is 58.8 Å². The number of hydrogen-bond acceptors (Lipinski definition) is 7. The molecule has 0 radical (unpaired) electrons. The van der Waals surface area contributed by atoms with Crippen molar-refractivity contribution in [3.05, 3.63) is 80.7 Å². The maximum Gasteiger partial charge on any atom is 0.269 e. The molecule has 0 unspecified atom stereocenters. The molecule has 1 N–H and O–H groups in total. The number of hydrogen-bond donors (Lipinski definition) is 1. The van der Waals surface area contributed by atoms with Gasteiger partial charge in [-0.25, -0.2) is 0 Å². The maximum absolute atomic E-state index is 13.1. The van der Waals surface area contributed by atoms with E-state index in [-0.39, 0.29) is 11.5 Å². The molecule has 8 heteroatoms. The van der Waals surface area contributed by atoms with Crippen LogP contribution in [0.4, 0.5) is 17.1 Å². The quantitative estimate of drug-likeness (QED) is 0.206. The average molecular weight is 424 g/mol. The first-order valence-electron chi connectivity index (χ1n) is 8.86. The van der Waals surface area contributed by atoms with Crippen molar-refractivity contribution in [3.63, 3.8) is 0 Å². The summed E-state index contributed by atoms with van der Waals surface area (Å²) in [6.07, 6.45) is 0.945. The number of nitro groups is 1. The minimum atomic E-state index is -0.473. The SMILES string of the molecule is CCCSc1sc(C(=O)c2ccccc2)c(Nc2ccc([N+](=O)[O-])cc2)c1C#N. The second-order valence-electron chi connectivity index (χ2n) is 6.05. The van der Waals surface area contributed by atoms with Crippen molar-refractivity contribution < 1.29 is 9.72 Å². The number of nitrogens with zero attached hydrogens (tertiary/aromatic N) is 2. The first-order chi connectivity index (χ1) is 14.0. The van der Waals surface area contributed by atoms with E-state index in [0.717, 1.165) is 16.4 Å². The van der Waals surface area contributed by atoms with Gasteiger partial charge in [-0.3, -0.25) is 14.9 Å². The first kappa shape index (κ1) is 20.6. The Kier molecular flexibility index (Phi) is 6.65. The van der Waals surface area contributed by atoms with Crippen LogP contribution in [-0.4, -0.2) is 16.5 Å². The summed E-state index contributed by atoms with van der Waals surface area (Å²) in [6, 6.07) is 17.0. The summed E-state index contributed by atoms with van der Waals surface area (Å²) in [5, 5.41) is 23.8. The van der Waals surface area contributed by atoms with Gasteiger partial charge in [-0.2, -0.15) is 5.26 Å². The van der Waals surface area contributed by atoms with E-state index >= 15 is 0 Å². The normalized spacial score (nSPS) is 10.3. The van der Waals surface area contributed by atoms with Crippen molar-refractivity contribution >= 4 is 45.9 Å². The number of benzene rings is 2. The topological polar surface area (TPSA) is 96.0 Å². The van der Waals surface area contributed by atoms with Gasteiger partial charge in [-0.15, -0.1) is 23.1 Å². The van der Waals surface area contributed by atoms with Crippen molar-refractivity contribution in [1.82, 2.24) is 0 Å². The van der Waals surface area contributed by atoms with Gasteiger partial charge in [0.05, 0.1) is 14.8 Å². The molecule has 0 amide bonds. The zero-order valence-corrected chi connectivity index (χ0v) is 17.2. The Morgan fingerprint density at radius 3 is 2.48 bits per heavy atom. The lowest BCUT2D eigenvalue weighted by Crippen LogP contribution is -2.03. The Hall–Kier alpha value is -3.15. The Morgan fingerprint density at radius 1 is 1.21 bits per heavy atom. The average Bonchev–Trinajstić information content (AvgIpc) is 3.09. The molecule has 3 aromatic rings. The molecule has 0 atom stereocenters. The van der Waals surface area contributed by atoms with E-state index in [0.29, 0.717) is 27.4 Å². The standard InChI is InChI=1S/C21H17N3O3S2/c1-2-12-28-21-17(13-22)18(23-15-8-10-16(11-9-15)24(26)27)20(29-21)19(25)14-6-4-3-5-7-14/h3-11,23H,2,12H2,1H3. The Balaban J connectivity index is 2.05. The minimum Gasteiger partial charge on any atom is -0.353 e. The van der Waals surface area contributed by atoms with Gasteiger partial charge in [0.1, 0.15) is 16.5 Å². The van der Waals surface area contributed by atoms with Crippen LogP contribution >= 0.6 is 23.1 Å². The lowest BCUT2D eigenvalue weighted by molar-refractivity contribution is -0.384. The van der Waals surface area contributed by atoms with Gasteiger partial charge >= 0.3 is 0 Å². The molecule has 0 fully saturated rings. The molecule has 0 aliphatic heterocycles. The molecule has 2 aromatic carbocycles. The molecule has 3 rings (SSSR count). The van der Waals surface area contributed by atoms with E-state index in [1.165, 1.54) is 23.5 Å². The van der Waals surface area contributed by atoms with Crippen LogP contribution in [-0.2, 0) is 0 Å². The predicted octanol–water partition coefficient (Wildman–Crippen LogP) is 6.00. The Bertz CT molecular complexity index is 1070. The van der Waals surface area contributed by atoms with Crippen LogP contribution in [0.3, 0.4) is 0 Å². The van der Waals surface area contributed by atoms with Crippen molar-refractivity contribution in [3.8, 4) is 6.07 Å². The third-order valence-electron chi connectivity index (χ3n) is 4.01. The number of carbonyl (C=O) groups is 1. The number of nitro benzene ring substituents is 1. The third-order valence-corrected chi connectivity index (χ3v) is 6.68. The molecule has 1 heterocycles. The fourth-order valence-electron chi connectivity index (χ4n) is 2.62. The minimum absolute atomic E-state index is 0.0267. The Morgan fingerprint density at radius 2 is 1.90 bits per heavy atom. The number of carbonyl (C=O) groups excluding carboxylic acids is 1. The van der Waals surface area contributed by atoms with Crippen molar-refractivity contribution in [2.24, 2.45) is 0 Å². The number of anilines is 2. The molecule has 0 saturated carbocycles. The molecule has 0 saturated heterocycles. The van der Waals surface area contributed by atoms with Crippen LogP contribution in [0.25, 0.3) is 0 Å². The fourth-order valence-corrected chi connectivity index (χ4v) is 4.94. The molecular formula is C21H17N3O3S2. The number of nitriles is 1. The van der Waals surface area contributed by atoms with E-state index in [4.69, 9.17) is 0 Å². The third kappa shape index (κ3) is 4.65. The smallest absolute Gasteiger partial charge is 0.269 e. The lowest BCUT2D eigenvalue weighted by Gasteiger charge is -2.08. The lowest BCUT2D eigenvalue weighted by atomic mass is 10.1. The van der Waals surface area contributed by atoms with Gasteiger partial charge in [0.2, 0.25) is 5.78 Å². The summed E-state index contributed by atoms with van der Waals surface area (Å²) < 4.78 is 0.790. The van der Waals surface area contributed by atoms with E-state index in [1.54, 1.807) is 48.2 Å². The van der Waals surface area contributed by atoms with Gasteiger partial charge in [0.15, 0.2) is 0 Å². The van der Waals surface area contributed by atoms with Gasteiger partial charge in [0, 0.05) is 23.4 Å². The zero-order valence-electron chi connectivity index (χ0n) is 15.5. The highest BCUT2D eigenvalue weighted by Crippen LogP contribution is 2.42. The van der Waals surface area contributed by atoms with Gasteiger partial charge in [-0.1, -0.05) is 37.3 Å². The van der Waals surface area contributed by atoms with Gasteiger partial charge < -0.3 is 5.32 Å². The number of nitrogens with one attached hydrogen (secondary N) is 1. The van der Waals surface area contributed by atoms with Crippen molar-refractivity contribution in [2.45, 2.75) is 17.6 Å². The second-order valence-corrected chi connectivity index (χ2v) is 8.44. The molecule has 0 aliphatic rings. The molecule has 0 spiro atoms. The summed E-state index contributed by atoms with van der Waals surface area (Å²) >= 11 is 2.85.